The molecule has 1 aliphatic heterocycles. The molecule has 100 valence electrons. The quantitative estimate of drug-likeness (QED) is 0.818. The monoisotopic (exact) mass is 240 g/mol. The van der Waals surface area contributed by atoms with E-state index < -0.39 is 0 Å². The molecule has 0 aromatic heterocycles. The molecule has 1 saturated heterocycles. The van der Waals surface area contributed by atoms with Gasteiger partial charge in [-0.25, -0.2) is 0 Å². The molecule has 1 saturated carbocycles. The maximum Gasteiger partial charge on any atom is 0.0706 e. The highest BCUT2D eigenvalue weighted by Crippen LogP contribution is 2.25. The van der Waals surface area contributed by atoms with Gasteiger partial charge in [-0.1, -0.05) is 6.92 Å². The zero-order valence-corrected chi connectivity index (χ0v) is 11.4. The van der Waals surface area contributed by atoms with Gasteiger partial charge in [0.2, 0.25) is 0 Å². The minimum atomic E-state index is 0.452. The summed E-state index contributed by atoms with van der Waals surface area (Å²) in [6.45, 7) is 6.73. The fraction of sp³-hybridized carbons (Fsp3) is 1.00. The molecular formula is C14H28N2O. The van der Waals surface area contributed by atoms with Crippen molar-refractivity contribution in [2.24, 2.45) is 5.73 Å². The van der Waals surface area contributed by atoms with Crippen LogP contribution in [0.25, 0.3) is 0 Å². The van der Waals surface area contributed by atoms with Gasteiger partial charge < -0.3 is 10.5 Å². The van der Waals surface area contributed by atoms with Crippen molar-refractivity contribution in [3.05, 3.63) is 0 Å². The summed E-state index contributed by atoms with van der Waals surface area (Å²) in [4.78, 5) is 2.62. The largest absolute Gasteiger partial charge is 0.374 e. The molecule has 3 nitrogen and oxygen atoms in total. The van der Waals surface area contributed by atoms with Crippen molar-refractivity contribution in [1.29, 1.82) is 0 Å². The highest BCUT2D eigenvalue weighted by atomic mass is 16.5. The van der Waals surface area contributed by atoms with Crippen molar-refractivity contribution in [3.63, 3.8) is 0 Å². The van der Waals surface area contributed by atoms with E-state index in [9.17, 15) is 0 Å². The first-order valence-electron chi connectivity index (χ1n) is 7.34. The van der Waals surface area contributed by atoms with Crippen LogP contribution in [0.1, 0.15) is 52.4 Å². The van der Waals surface area contributed by atoms with Crippen LogP contribution in [0.15, 0.2) is 0 Å². The van der Waals surface area contributed by atoms with Crippen LogP contribution in [0.4, 0.5) is 0 Å². The molecule has 2 rings (SSSR count). The normalized spacial score (nSPS) is 38.8. The second kappa shape index (κ2) is 6.17. The number of hydrogen-bond donors (Lipinski definition) is 1. The van der Waals surface area contributed by atoms with Crippen LogP contribution < -0.4 is 5.73 Å². The molecule has 2 unspecified atom stereocenters. The Labute approximate surface area is 106 Å². The predicted molar refractivity (Wildman–Crippen MR) is 71.0 cm³/mol. The number of likely N-dealkylation sites (N-methyl/N-ethyl adjacent to an activating group) is 1. The maximum atomic E-state index is 5.98. The van der Waals surface area contributed by atoms with Crippen molar-refractivity contribution >= 4 is 0 Å². The van der Waals surface area contributed by atoms with E-state index in [-0.39, 0.29) is 0 Å². The number of ether oxygens (including phenoxy) is 1. The van der Waals surface area contributed by atoms with Crippen LogP contribution in [-0.4, -0.2) is 42.3 Å². The zero-order chi connectivity index (χ0) is 12.3. The minimum absolute atomic E-state index is 0.452. The Morgan fingerprint density at radius 3 is 2.35 bits per heavy atom. The summed E-state index contributed by atoms with van der Waals surface area (Å²) < 4.78 is 5.94. The molecule has 1 aliphatic carbocycles. The Morgan fingerprint density at radius 2 is 1.82 bits per heavy atom. The van der Waals surface area contributed by atoms with Crippen LogP contribution >= 0.6 is 0 Å². The molecule has 2 atom stereocenters. The zero-order valence-electron chi connectivity index (χ0n) is 11.4. The van der Waals surface area contributed by atoms with E-state index in [0.717, 1.165) is 19.1 Å². The predicted octanol–water partition coefficient (Wildman–Crippen LogP) is 2.15. The van der Waals surface area contributed by atoms with Crippen LogP contribution in [-0.2, 0) is 4.74 Å². The van der Waals surface area contributed by atoms with Crippen molar-refractivity contribution in [1.82, 2.24) is 4.90 Å². The first-order valence-corrected chi connectivity index (χ1v) is 7.34. The summed E-state index contributed by atoms with van der Waals surface area (Å²) in [6, 6.07) is 1.20. The van der Waals surface area contributed by atoms with Gasteiger partial charge in [0.05, 0.1) is 12.2 Å². The summed E-state index contributed by atoms with van der Waals surface area (Å²) >= 11 is 0. The van der Waals surface area contributed by atoms with Crippen LogP contribution in [0, 0.1) is 0 Å². The van der Waals surface area contributed by atoms with E-state index in [0.29, 0.717) is 18.2 Å². The maximum absolute atomic E-state index is 5.98. The van der Waals surface area contributed by atoms with Gasteiger partial charge in [0, 0.05) is 18.6 Å². The lowest BCUT2D eigenvalue weighted by Gasteiger charge is -2.36. The molecule has 0 radical (unpaired) electrons. The third-order valence-corrected chi connectivity index (χ3v) is 4.42. The molecule has 0 aromatic rings. The number of hydrogen-bond acceptors (Lipinski definition) is 3. The van der Waals surface area contributed by atoms with Crippen LogP contribution in [0.5, 0.6) is 0 Å². The SMILES string of the molecule is CCN(CC1CCC(C)O1)C1CCC(N)CC1. The first-order chi connectivity index (χ1) is 8.19. The standard InChI is InChI=1S/C14H28N2O/c1-3-16(10-14-9-4-11(2)17-14)13-7-5-12(15)6-8-13/h11-14H,3-10,15H2,1-2H3. The lowest BCUT2D eigenvalue weighted by atomic mass is 9.90. The molecule has 2 fully saturated rings. The van der Waals surface area contributed by atoms with E-state index in [1.165, 1.54) is 38.5 Å². The molecule has 0 aromatic carbocycles. The summed E-state index contributed by atoms with van der Waals surface area (Å²) in [5.41, 5.74) is 5.98. The van der Waals surface area contributed by atoms with Gasteiger partial charge in [0.15, 0.2) is 0 Å². The Morgan fingerprint density at radius 1 is 1.12 bits per heavy atom. The van der Waals surface area contributed by atoms with E-state index in [1.807, 2.05) is 0 Å². The van der Waals surface area contributed by atoms with Gasteiger partial charge in [-0.3, -0.25) is 4.90 Å². The Bertz CT molecular complexity index is 226. The van der Waals surface area contributed by atoms with Crippen LogP contribution in [0.2, 0.25) is 0 Å². The highest BCUT2D eigenvalue weighted by molar-refractivity contribution is 4.83. The smallest absolute Gasteiger partial charge is 0.0706 e. The third kappa shape index (κ3) is 3.67. The molecule has 0 spiro atoms. The summed E-state index contributed by atoms with van der Waals surface area (Å²) in [6.07, 6.45) is 8.36. The van der Waals surface area contributed by atoms with Crippen molar-refractivity contribution in [2.75, 3.05) is 13.1 Å². The van der Waals surface area contributed by atoms with Crippen molar-refractivity contribution in [2.45, 2.75) is 76.7 Å². The number of nitrogens with two attached hydrogens (primary N) is 1. The minimum Gasteiger partial charge on any atom is -0.374 e. The lowest BCUT2D eigenvalue weighted by Crippen LogP contribution is -2.44. The van der Waals surface area contributed by atoms with Gasteiger partial charge in [0.1, 0.15) is 0 Å². The molecular weight excluding hydrogens is 212 g/mol. The fourth-order valence-electron chi connectivity index (χ4n) is 3.28. The summed E-state index contributed by atoms with van der Waals surface area (Å²) in [7, 11) is 0. The highest BCUT2D eigenvalue weighted by Gasteiger charge is 2.28. The van der Waals surface area contributed by atoms with E-state index in [2.05, 4.69) is 18.7 Å². The molecule has 0 bridgehead atoms. The molecule has 1 heterocycles. The molecule has 0 amide bonds. The summed E-state index contributed by atoms with van der Waals surface area (Å²) in [5, 5.41) is 0. The second-order valence-corrected chi connectivity index (χ2v) is 5.80. The van der Waals surface area contributed by atoms with Gasteiger partial charge in [-0.2, -0.15) is 0 Å². The molecule has 3 heteroatoms. The van der Waals surface area contributed by atoms with Gasteiger partial charge in [0.25, 0.3) is 0 Å². The third-order valence-electron chi connectivity index (χ3n) is 4.42. The molecule has 2 aliphatic rings. The van der Waals surface area contributed by atoms with E-state index >= 15 is 0 Å². The lowest BCUT2D eigenvalue weighted by molar-refractivity contribution is 0.0175. The Kier molecular flexibility index (Phi) is 4.83. The van der Waals surface area contributed by atoms with Crippen LogP contribution in [0.3, 0.4) is 0 Å². The van der Waals surface area contributed by atoms with E-state index in [4.69, 9.17) is 10.5 Å². The van der Waals surface area contributed by atoms with Crippen molar-refractivity contribution < 1.29 is 4.74 Å². The topological polar surface area (TPSA) is 38.5 Å². The molecule has 17 heavy (non-hydrogen) atoms. The average molecular weight is 240 g/mol. The number of rotatable bonds is 4. The van der Waals surface area contributed by atoms with Crippen molar-refractivity contribution in [3.8, 4) is 0 Å². The first kappa shape index (κ1) is 13.3. The Hall–Kier alpha value is -0.120. The van der Waals surface area contributed by atoms with Gasteiger partial charge >= 0.3 is 0 Å². The summed E-state index contributed by atoms with van der Waals surface area (Å²) in [5.74, 6) is 0. The van der Waals surface area contributed by atoms with E-state index in [1.54, 1.807) is 0 Å². The molecule has 2 N–H and O–H groups in total. The van der Waals surface area contributed by atoms with Gasteiger partial charge in [-0.05, 0) is 52.0 Å². The number of nitrogens with zero attached hydrogens (tertiary/aromatic N) is 1. The second-order valence-electron chi connectivity index (χ2n) is 5.80. The average Bonchev–Trinajstić information content (AvgIpc) is 2.73. The Balaban J connectivity index is 1.79. The fourth-order valence-corrected chi connectivity index (χ4v) is 3.28. The van der Waals surface area contributed by atoms with Gasteiger partial charge in [-0.15, -0.1) is 0 Å².